The fraction of sp³-hybridized carbons (Fsp3) is 0.500. The number of aliphatic hydroxyl groups is 1. The molecule has 1 fully saturated rings. The molecule has 0 radical (unpaired) electrons. The lowest BCUT2D eigenvalue weighted by atomic mass is 9.97. The summed E-state index contributed by atoms with van der Waals surface area (Å²) < 4.78 is 78.3. The van der Waals surface area contributed by atoms with Gasteiger partial charge in [0.2, 0.25) is 5.67 Å². The van der Waals surface area contributed by atoms with Crippen LogP contribution in [-0.2, 0) is 23.4 Å². The normalized spacial score (nSPS) is 25.6. The van der Waals surface area contributed by atoms with Gasteiger partial charge in [-0.2, -0.15) is 10.1 Å². The smallest absolute Gasteiger partial charge is 0.459 e. The largest absolute Gasteiger partial charge is 0.462 e. The number of benzene rings is 1. The molecule has 16 heteroatoms. The molecule has 0 aliphatic carbocycles. The number of nitrogens with one attached hydrogen (secondary N) is 1. The van der Waals surface area contributed by atoms with Crippen molar-refractivity contribution in [2.24, 2.45) is 0 Å². The van der Waals surface area contributed by atoms with Crippen molar-refractivity contribution < 1.29 is 46.2 Å². The van der Waals surface area contributed by atoms with Gasteiger partial charge >= 0.3 is 19.4 Å². The highest BCUT2D eigenvalue weighted by molar-refractivity contribution is 7.52. The Hall–Kier alpha value is -2.97. The molecule has 3 rings (SSSR count). The van der Waals surface area contributed by atoms with Crippen LogP contribution < -0.4 is 21.0 Å². The lowest BCUT2D eigenvalue weighted by molar-refractivity contribution is -0.149. The minimum atomic E-state index is -4.46. The monoisotopic (exact) mass is 564 g/mol. The number of nitrogens with two attached hydrogens (primary N) is 1. The Morgan fingerprint density at radius 2 is 2.00 bits per heavy atom. The van der Waals surface area contributed by atoms with Crippen molar-refractivity contribution in [1.29, 1.82) is 0 Å². The molecule has 1 saturated heterocycles. The molecule has 12 nitrogen and oxygen atoms in total. The first-order valence-corrected chi connectivity index (χ1v) is 12.9. The number of halogens is 3. The second-order valence-electron chi connectivity index (χ2n) is 8.73. The summed E-state index contributed by atoms with van der Waals surface area (Å²) in [7, 11) is -4.46. The van der Waals surface area contributed by atoms with Crippen molar-refractivity contribution in [2.45, 2.75) is 57.0 Å². The van der Waals surface area contributed by atoms with Crippen LogP contribution >= 0.6 is 7.75 Å². The molecule has 1 aromatic carbocycles. The SMILES string of the molecule is CC(C)OC(=O)[C@H](C)N[P@](=O)(OC[C@H]1O[C@@H](n2cc(F)c(N)nc2=O)[C@@](F)(CF)C1O)Oc1ccccc1. The molecule has 1 aliphatic rings. The maximum atomic E-state index is 15.5. The number of nitrogens with zero attached hydrogens (tertiary/aromatic N) is 2. The summed E-state index contributed by atoms with van der Waals surface area (Å²) in [5, 5.41) is 12.9. The molecular formula is C22H28F3N4O8P. The van der Waals surface area contributed by atoms with Crippen molar-refractivity contribution >= 4 is 19.5 Å². The average molecular weight is 564 g/mol. The van der Waals surface area contributed by atoms with Crippen LogP contribution in [0.2, 0.25) is 0 Å². The number of alkyl halides is 2. The van der Waals surface area contributed by atoms with E-state index < -0.39 is 80.6 Å². The van der Waals surface area contributed by atoms with E-state index in [9.17, 15) is 28.0 Å². The summed E-state index contributed by atoms with van der Waals surface area (Å²) in [5.74, 6) is -2.70. The molecule has 2 aromatic rings. The van der Waals surface area contributed by atoms with Gasteiger partial charge in [0.1, 0.15) is 30.7 Å². The van der Waals surface area contributed by atoms with Gasteiger partial charge in [-0.1, -0.05) is 18.2 Å². The van der Waals surface area contributed by atoms with Gasteiger partial charge in [0.15, 0.2) is 17.9 Å². The Morgan fingerprint density at radius 1 is 1.34 bits per heavy atom. The Labute approximate surface area is 215 Å². The molecule has 210 valence electrons. The summed E-state index contributed by atoms with van der Waals surface area (Å²) >= 11 is 0. The van der Waals surface area contributed by atoms with Crippen LogP contribution in [-0.4, -0.2) is 63.9 Å². The lowest BCUT2D eigenvalue weighted by Gasteiger charge is -2.26. The molecule has 1 unspecified atom stereocenters. The summed E-state index contributed by atoms with van der Waals surface area (Å²) in [4.78, 5) is 27.6. The number of rotatable bonds is 11. The zero-order valence-corrected chi connectivity index (χ0v) is 21.5. The van der Waals surface area contributed by atoms with Crippen molar-refractivity contribution in [3.8, 4) is 5.75 Å². The number of hydrogen-bond acceptors (Lipinski definition) is 10. The average Bonchev–Trinajstić information content (AvgIpc) is 3.10. The highest BCUT2D eigenvalue weighted by Crippen LogP contribution is 2.47. The van der Waals surface area contributed by atoms with Gasteiger partial charge in [0.05, 0.1) is 18.9 Å². The Morgan fingerprint density at radius 3 is 2.61 bits per heavy atom. The predicted octanol–water partition coefficient (Wildman–Crippen LogP) is 2.03. The number of carbonyl (C=O) groups is 1. The number of aromatic nitrogens is 2. The summed E-state index contributed by atoms with van der Waals surface area (Å²) in [6.07, 6.45) is -6.18. The highest BCUT2D eigenvalue weighted by atomic mass is 31.2. The molecule has 1 aliphatic heterocycles. The predicted molar refractivity (Wildman–Crippen MR) is 127 cm³/mol. The van der Waals surface area contributed by atoms with Gasteiger partial charge in [0, 0.05) is 0 Å². The Kier molecular flexibility index (Phi) is 9.21. The van der Waals surface area contributed by atoms with Crippen LogP contribution in [0.5, 0.6) is 5.75 Å². The van der Waals surface area contributed by atoms with E-state index in [1.807, 2.05) is 0 Å². The fourth-order valence-corrected chi connectivity index (χ4v) is 5.01. The molecule has 6 atom stereocenters. The zero-order valence-electron chi connectivity index (χ0n) is 20.6. The third-order valence-corrected chi connectivity index (χ3v) is 7.03. The minimum absolute atomic E-state index is 0.0668. The molecule has 0 spiro atoms. The summed E-state index contributed by atoms with van der Waals surface area (Å²) in [6.45, 7) is 1.83. The molecule has 4 N–H and O–H groups in total. The van der Waals surface area contributed by atoms with E-state index in [0.29, 0.717) is 10.8 Å². The molecule has 0 amide bonds. The molecule has 0 saturated carbocycles. The first kappa shape index (κ1) is 29.6. The topological polar surface area (TPSA) is 164 Å². The van der Waals surface area contributed by atoms with Gasteiger partial charge in [-0.15, -0.1) is 0 Å². The first-order chi connectivity index (χ1) is 17.8. The van der Waals surface area contributed by atoms with Gasteiger partial charge < -0.3 is 24.8 Å². The maximum Gasteiger partial charge on any atom is 0.459 e. The quantitative estimate of drug-likeness (QED) is 0.270. The van der Waals surface area contributed by atoms with Crippen LogP contribution in [0.25, 0.3) is 0 Å². The van der Waals surface area contributed by atoms with E-state index in [1.54, 1.807) is 32.0 Å². The van der Waals surface area contributed by atoms with Gasteiger partial charge in [0.25, 0.3) is 0 Å². The van der Waals surface area contributed by atoms with E-state index in [0.717, 1.165) is 0 Å². The number of carbonyl (C=O) groups excluding carboxylic acids is 1. The maximum absolute atomic E-state index is 15.5. The molecular weight excluding hydrogens is 536 g/mol. The number of esters is 1. The van der Waals surface area contributed by atoms with Crippen molar-refractivity contribution in [1.82, 2.24) is 14.6 Å². The van der Waals surface area contributed by atoms with Crippen LogP contribution in [0.4, 0.5) is 19.0 Å². The third-order valence-electron chi connectivity index (χ3n) is 5.38. The zero-order chi connectivity index (χ0) is 28.3. The molecule has 0 bridgehead atoms. The summed E-state index contributed by atoms with van der Waals surface area (Å²) in [5.41, 5.74) is 0.717. The van der Waals surface area contributed by atoms with E-state index in [-0.39, 0.29) is 5.75 Å². The van der Waals surface area contributed by atoms with E-state index in [1.165, 1.54) is 19.1 Å². The molecule has 1 aromatic heterocycles. The van der Waals surface area contributed by atoms with Crippen molar-refractivity contribution in [2.75, 3.05) is 19.0 Å². The van der Waals surface area contributed by atoms with Crippen molar-refractivity contribution in [3.05, 3.63) is 52.8 Å². The number of anilines is 1. The Bertz CT molecular complexity index is 1240. The molecule has 38 heavy (non-hydrogen) atoms. The second kappa shape index (κ2) is 11.8. The van der Waals surface area contributed by atoms with Crippen LogP contribution in [0.3, 0.4) is 0 Å². The third kappa shape index (κ3) is 6.53. The van der Waals surface area contributed by atoms with Crippen molar-refractivity contribution in [3.63, 3.8) is 0 Å². The summed E-state index contributed by atoms with van der Waals surface area (Å²) in [6, 6.07) is 6.48. The number of nitrogen functional groups attached to an aromatic ring is 1. The van der Waals surface area contributed by atoms with E-state index in [2.05, 4.69) is 10.1 Å². The Balaban J connectivity index is 1.84. The van der Waals surface area contributed by atoms with Crippen LogP contribution in [0.1, 0.15) is 27.0 Å². The van der Waals surface area contributed by atoms with E-state index in [4.69, 9.17) is 24.3 Å². The van der Waals surface area contributed by atoms with E-state index >= 15 is 4.39 Å². The second-order valence-corrected chi connectivity index (χ2v) is 10.4. The van der Waals surface area contributed by atoms with Gasteiger partial charge in [-0.25, -0.2) is 22.5 Å². The highest BCUT2D eigenvalue weighted by Gasteiger charge is 2.59. The molecule has 2 heterocycles. The number of ether oxygens (including phenoxy) is 2. The fourth-order valence-electron chi connectivity index (χ4n) is 3.51. The first-order valence-electron chi connectivity index (χ1n) is 11.4. The minimum Gasteiger partial charge on any atom is -0.462 e. The van der Waals surface area contributed by atoms with Gasteiger partial charge in [-0.3, -0.25) is 13.9 Å². The standard InChI is InChI=1S/C22H28F3N4O8P/c1-12(2)35-19(31)13(3)28-38(33,37-14-7-5-4-6-8-14)34-10-16-17(30)22(25,11-23)20(36-16)29-9-15(24)18(26)27-21(29)32/h4-9,12-13,16-17,20,30H,10-11H2,1-3H3,(H,28,33)(H2,26,27,32)/t13-,16+,17?,20+,22+,38-/m0/s1. The van der Waals surface area contributed by atoms with Crippen LogP contribution in [0.15, 0.2) is 41.3 Å². The number of para-hydroxylation sites is 1. The van der Waals surface area contributed by atoms with Crippen LogP contribution in [0, 0.1) is 5.82 Å². The number of aliphatic hydroxyl groups excluding tert-OH is 1. The number of hydrogen-bond donors (Lipinski definition) is 3. The van der Waals surface area contributed by atoms with Gasteiger partial charge in [-0.05, 0) is 32.9 Å². The lowest BCUT2D eigenvalue weighted by Crippen LogP contribution is -2.47.